The monoisotopic (exact) mass is 267 g/mol. The summed E-state index contributed by atoms with van der Waals surface area (Å²) in [6.07, 6.45) is 4.14. The fraction of sp³-hybridized carbons (Fsp3) is 0.500. The van der Waals surface area contributed by atoms with Crippen LogP contribution in [0.25, 0.3) is 4.96 Å². The van der Waals surface area contributed by atoms with Crippen LogP contribution in [0.15, 0.2) is 17.8 Å². The van der Waals surface area contributed by atoms with Gasteiger partial charge in [0.1, 0.15) is 0 Å². The van der Waals surface area contributed by atoms with Gasteiger partial charge in [-0.25, -0.2) is 4.98 Å². The van der Waals surface area contributed by atoms with Gasteiger partial charge in [-0.3, -0.25) is 14.1 Å². The molecule has 2 heterocycles. The van der Waals surface area contributed by atoms with Crippen molar-refractivity contribution >= 4 is 22.3 Å². The largest absolute Gasteiger partial charge is 0.481 e. The van der Waals surface area contributed by atoms with Crippen molar-refractivity contribution in [1.29, 1.82) is 0 Å². The molecule has 6 heteroatoms. The van der Waals surface area contributed by atoms with Gasteiger partial charge in [0.2, 0.25) is 0 Å². The zero-order valence-corrected chi connectivity index (χ0v) is 11.4. The first kappa shape index (κ1) is 13.0. The highest BCUT2D eigenvalue weighted by molar-refractivity contribution is 7.15. The van der Waals surface area contributed by atoms with Crippen molar-refractivity contribution in [2.45, 2.75) is 32.9 Å². The highest BCUT2D eigenvalue weighted by atomic mass is 32.1. The second kappa shape index (κ2) is 5.49. The Kier molecular flexibility index (Phi) is 3.98. The fourth-order valence-corrected chi connectivity index (χ4v) is 2.74. The molecule has 2 aromatic heterocycles. The topological polar surface area (TPSA) is 57.8 Å². The number of aromatic nitrogens is 2. The van der Waals surface area contributed by atoms with Gasteiger partial charge in [-0.15, -0.1) is 11.3 Å². The predicted molar refractivity (Wildman–Crippen MR) is 70.9 cm³/mol. The van der Waals surface area contributed by atoms with Gasteiger partial charge >= 0.3 is 5.97 Å². The predicted octanol–water partition coefficient (Wildman–Crippen LogP) is 2.08. The number of carbonyl (C=O) groups is 1. The second-order valence-corrected chi connectivity index (χ2v) is 5.21. The van der Waals surface area contributed by atoms with Crippen molar-refractivity contribution in [2.75, 3.05) is 6.54 Å². The first-order valence-electron chi connectivity index (χ1n) is 5.97. The molecule has 0 saturated carbocycles. The Morgan fingerprint density at radius 2 is 2.44 bits per heavy atom. The Balaban J connectivity index is 2.05. The summed E-state index contributed by atoms with van der Waals surface area (Å²) in [7, 11) is 0. The van der Waals surface area contributed by atoms with Crippen molar-refractivity contribution < 1.29 is 9.90 Å². The van der Waals surface area contributed by atoms with Crippen LogP contribution in [0, 0.1) is 0 Å². The molecule has 98 valence electrons. The number of imidazole rings is 1. The minimum atomic E-state index is -0.758. The Labute approximate surface area is 110 Å². The van der Waals surface area contributed by atoms with Crippen LogP contribution in [0.2, 0.25) is 0 Å². The van der Waals surface area contributed by atoms with Gasteiger partial charge in [-0.05, 0) is 13.5 Å². The molecule has 0 aliphatic carbocycles. The summed E-state index contributed by atoms with van der Waals surface area (Å²) in [6, 6.07) is 0.0206. The molecule has 0 fully saturated rings. The molecule has 0 aliphatic heterocycles. The van der Waals surface area contributed by atoms with Crippen LogP contribution in [-0.2, 0) is 11.3 Å². The third-order valence-corrected chi connectivity index (χ3v) is 3.78. The standard InChI is InChI=1S/C12H17N3O2S/c1-3-14(9(2)6-11(16)17)7-10-8-15-4-5-18-12(15)13-10/h4-5,8-9H,3,6-7H2,1-2H3,(H,16,17). The van der Waals surface area contributed by atoms with Gasteiger partial charge in [0.25, 0.3) is 0 Å². The molecule has 0 aliphatic rings. The summed E-state index contributed by atoms with van der Waals surface area (Å²) >= 11 is 1.60. The van der Waals surface area contributed by atoms with E-state index >= 15 is 0 Å². The van der Waals surface area contributed by atoms with Crippen LogP contribution in [0.5, 0.6) is 0 Å². The maximum atomic E-state index is 10.7. The van der Waals surface area contributed by atoms with Crippen LogP contribution in [0.3, 0.4) is 0 Å². The third-order valence-electron chi connectivity index (χ3n) is 3.01. The summed E-state index contributed by atoms with van der Waals surface area (Å²) in [4.78, 5) is 18.4. The molecule has 0 spiro atoms. The molecule has 2 aromatic rings. The third kappa shape index (κ3) is 2.88. The lowest BCUT2D eigenvalue weighted by Crippen LogP contribution is -2.34. The molecule has 0 bridgehead atoms. The highest BCUT2D eigenvalue weighted by Gasteiger charge is 2.17. The van der Waals surface area contributed by atoms with E-state index in [1.807, 2.05) is 36.0 Å². The quantitative estimate of drug-likeness (QED) is 0.870. The number of thiazole rings is 1. The van der Waals surface area contributed by atoms with E-state index in [0.29, 0.717) is 6.54 Å². The lowest BCUT2D eigenvalue weighted by molar-refractivity contribution is -0.138. The molecular formula is C12H17N3O2S. The zero-order valence-electron chi connectivity index (χ0n) is 10.5. The van der Waals surface area contributed by atoms with Gasteiger partial charge in [0, 0.05) is 30.4 Å². The summed E-state index contributed by atoms with van der Waals surface area (Å²) in [5.41, 5.74) is 0.987. The zero-order chi connectivity index (χ0) is 13.1. The Morgan fingerprint density at radius 3 is 3.06 bits per heavy atom. The molecule has 2 rings (SSSR count). The van der Waals surface area contributed by atoms with Crippen molar-refractivity contribution in [3.8, 4) is 0 Å². The van der Waals surface area contributed by atoms with Crippen LogP contribution in [0.4, 0.5) is 0 Å². The fourth-order valence-electron chi connectivity index (χ4n) is 2.02. The number of aliphatic carboxylic acids is 1. The molecule has 1 N–H and O–H groups in total. The van der Waals surface area contributed by atoms with Crippen molar-refractivity contribution in [2.24, 2.45) is 0 Å². The van der Waals surface area contributed by atoms with E-state index in [1.165, 1.54) is 0 Å². The van der Waals surface area contributed by atoms with Crippen LogP contribution < -0.4 is 0 Å². The van der Waals surface area contributed by atoms with E-state index < -0.39 is 5.97 Å². The van der Waals surface area contributed by atoms with Gasteiger partial charge in [0.05, 0.1) is 12.1 Å². The maximum Gasteiger partial charge on any atom is 0.304 e. The van der Waals surface area contributed by atoms with Gasteiger partial charge < -0.3 is 5.11 Å². The van der Waals surface area contributed by atoms with Crippen LogP contribution in [-0.4, -0.2) is 37.9 Å². The van der Waals surface area contributed by atoms with E-state index in [1.54, 1.807) is 11.3 Å². The normalized spacial score (nSPS) is 13.3. The molecule has 0 saturated heterocycles. The minimum Gasteiger partial charge on any atom is -0.481 e. The molecule has 5 nitrogen and oxygen atoms in total. The Bertz CT molecular complexity index is 506. The number of carboxylic acids is 1. The number of hydrogen-bond donors (Lipinski definition) is 1. The van der Waals surface area contributed by atoms with Gasteiger partial charge in [-0.1, -0.05) is 6.92 Å². The van der Waals surface area contributed by atoms with Crippen LogP contribution in [0.1, 0.15) is 26.0 Å². The summed E-state index contributed by atoms with van der Waals surface area (Å²) in [5, 5.41) is 10.8. The average Bonchev–Trinajstić information content (AvgIpc) is 2.84. The minimum absolute atomic E-state index is 0.0206. The molecule has 0 radical (unpaired) electrons. The van der Waals surface area contributed by atoms with E-state index in [9.17, 15) is 4.79 Å². The molecule has 1 atom stereocenters. The number of carboxylic acid groups (broad SMARTS) is 1. The lowest BCUT2D eigenvalue weighted by Gasteiger charge is -2.25. The Hall–Kier alpha value is -1.40. The highest BCUT2D eigenvalue weighted by Crippen LogP contribution is 2.14. The average molecular weight is 267 g/mol. The number of hydrogen-bond acceptors (Lipinski definition) is 4. The van der Waals surface area contributed by atoms with Gasteiger partial charge in [0.15, 0.2) is 4.96 Å². The van der Waals surface area contributed by atoms with E-state index in [0.717, 1.165) is 17.2 Å². The van der Waals surface area contributed by atoms with E-state index in [-0.39, 0.29) is 12.5 Å². The van der Waals surface area contributed by atoms with E-state index in [4.69, 9.17) is 5.11 Å². The van der Waals surface area contributed by atoms with Crippen molar-refractivity contribution in [1.82, 2.24) is 14.3 Å². The number of rotatable bonds is 6. The maximum absolute atomic E-state index is 10.7. The van der Waals surface area contributed by atoms with Crippen molar-refractivity contribution in [3.63, 3.8) is 0 Å². The molecular weight excluding hydrogens is 250 g/mol. The van der Waals surface area contributed by atoms with Crippen molar-refractivity contribution in [3.05, 3.63) is 23.5 Å². The molecule has 0 amide bonds. The summed E-state index contributed by atoms with van der Waals surface area (Å²) in [6.45, 7) is 5.49. The lowest BCUT2D eigenvalue weighted by atomic mass is 10.2. The summed E-state index contributed by atoms with van der Waals surface area (Å²) < 4.78 is 2.00. The number of nitrogens with zero attached hydrogens (tertiary/aromatic N) is 3. The first-order chi connectivity index (χ1) is 8.60. The first-order valence-corrected chi connectivity index (χ1v) is 6.85. The van der Waals surface area contributed by atoms with Gasteiger partial charge in [-0.2, -0.15) is 0 Å². The SMILES string of the molecule is CCN(Cc1cn2ccsc2n1)C(C)CC(=O)O. The van der Waals surface area contributed by atoms with E-state index in [2.05, 4.69) is 9.88 Å². The number of fused-ring (bicyclic) bond motifs is 1. The Morgan fingerprint density at radius 1 is 1.67 bits per heavy atom. The molecule has 1 unspecified atom stereocenters. The van der Waals surface area contributed by atoms with Crippen LogP contribution >= 0.6 is 11.3 Å². The molecule has 0 aromatic carbocycles. The summed E-state index contributed by atoms with van der Waals surface area (Å²) in [5.74, 6) is -0.758. The smallest absolute Gasteiger partial charge is 0.304 e. The molecule has 18 heavy (non-hydrogen) atoms. The second-order valence-electron chi connectivity index (χ2n) is 4.34.